The Bertz CT molecular complexity index is 1020. The molecule has 1 fully saturated rings. The molecule has 2 aromatic carbocycles. The molecular weight excluding hydrogens is 372 g/mol. The maximum Gasteiger partial charge on any atom is 0.363 e. The number of anilines is 1. The number of esters is 1. The van der Waals surface area contributed by atoms with E-state index in [4.69, 9.17) is 14.2 Å². The van der Waals surface area contributed by atoms with Gasteiger partial charge in [0, 0.05) is 24.2 Å². The average molecular weight is 392 g/mol. The number of carbonyl (C=O) groups is 2. The number of benzene rings is 2. The van der Waals surface area contributed by atoms with Crippen molar-refractivity contribution in [2.24, 2.45) is 4.99 Å². The van der Waals surface area contributed by atoms with Crippen LogP contribution in [0.25, 0.3) is 6.08 Å². The summed E-state index contributed by atoms with van der Waals surface area (Å²) in [4.78, 5) is 30.2. The molecule has 0 radical (unpaired) electrons. The zero-order valence-electron chi connectivity index (χ0n) is 16.2. The van der Waals surface area contributed by atoms with Gasteiger partial charge in [-0.25, -0.2) is 9.79 Å². The summed E-state index contributed by atoms with van der Waals surface area (Å²) < 4.78 is 15.8. The van der Waals surface area contributed by atoms with Gasteiger partial charge in [0.2, 0.25) is 11.8 Å². The Morgan fingerprint density at radius 3 is 2.45 bits per heavy atom. The van der Waals surface area contributed by atoms with Crippen molar-refractivity contribution in [3.63, 3.8) is 0 Å². The second-order valence-corrected chi connectivity index (χ2v) is 6.65. The van der Waals surface area contributed by atoms with Crippen LogP contribution in [0.2, 0.25) is 0 Å². The minimum atomic E-state index is -0.520. The number of hydrogen-bond donors (Lipinski definition) is 0. The van der Waals surface area contributed by atoms with Gasteiger partial charge in [-0.05, 0) is 54.5 Å². The molecule has 2 aromatic rings. The Labute approximate surface area is 168 Å². The third kappa shape index (κ3) is 3.71. The zero-order valence-corrected chi connectivity index (χ0v) is 16.2. The third-order valence-corrected chi connectivity index (χ3v) is 4.83. The lowest BCUT2D eigenvalue weighted by molar-refractivity contribution is -0.130. The topological polar surface area (TPSA) is 77.4 Å². The fourth-order valence-electron chi connectivity index (χ4n) is 3.34. The van der Waals surface area contributed by atoms with E-state index in [1.165, 1.54) is 0 Å². The first-order valence-corrected chi connectivity index (χ1v) is 9.24. The van der Waals surface area contributed by atoms with Crippen molar-refractivity contribution in [3.05, 3.63) is 59.3 Å². The Kier molecular flexibility index (Phi) is 5.03. The molecule has 0 atom stereocenters. The monoisotopic (exact) mass is 392 g/mol. The minimum absolute atomic E-state index is 0.127. The summed E-state index contributed by atoms with van der Waals surface area (Å²) >= 11 is 0. The number of rotatable bonds is 5. The van der Waals surface area contributed by atoms with Crippen LogP contribution in [0.4, 0.5) is 5.69 Å². The molecule has 0 saturated carbocycles. The number of carbonyl (C=O) groups excluding carboxylic acids is 2. The quantitative estimate of drug-likeness (QED) is 0.577. The number of ether oxygens (including phenoxy) is 3. The number of amides is 1. The molecule has 148 valence electrons. The number of nitrogens with zero attached hydrogens (tertiary/aromatic N) is 2. The van der Waals surface area contributed by atoms with E-state index in [2.05, 4.69) is 4.99 Å². The number of cyclic esters (lactones) is 1. The standard InChI is InChI=1S/C22H20N2O5/c1-27-18-10-5-14(13-19(18)28-2)12-17-22(26)29-21(23-17)15-6-8-16(9-7-15)24-11-3-4-20(24)25/h5-10,12-13H,3-4,11H2,1-2H3. The molecule has 2 aliphatic heterocycles. The van der Waals surface area contributed by atoms with E-state index >= 15 is 0 Å². The van der Waals surface area contributed by atoms with E-state index in [9.17, 15) is 9.59 Å². The lowest BCUT2D eigenvalue weighted by atomic mass is 10.1. The van der Waals surface area contributed by atoms with Gasteiger partial charge < -0.3 is 19.1 Å². The van der Waals surface area contributed by atoms with Crippen molar-refractivity contribution in [3.8, 4) is 11.5 Å². The highest BCUT2D eigenvalue weighted by atomic mass is 16.6. The first-order valence-electron chi connectivity index (χ1n) is 9.24. The summed E-state index contributed by atoms with van der Waals surface area (Å²) in [5.74, 6) is 1.01. The van der Waals surface area contributed by atoms with Crippen LogP contribution in [0.1, 0.15) is 24.0 Å². The largest absolute Gasteiger partial charge is 0.493 e. The maximum atomic E-state index is 12.2. The molecule has 0 aliphatic carbocycles. The zero-order chi connectivity index (χ0) is 20.4. The summed E-state index contributed by atoms with van der Waals surface area (Å²) in [5.41, 5.74) is 2.44. The predicted molar refractivity (Wildman–Crippen MR) is 108 cm³/mol. The van der Waals surface area contributed by atoms with Crippen LogP contribution in [0.15, 0.2) is 53.2 Å². The molecule has 2 heterocycles. The highest BCUT2D eigenvalue weighted by molar-refractivity contribution is 6.13. The SMILES string of the molecule is COc1ccc(C=C2N=C(c3ccc(N4CCCC4=O)cc3)OC2=O)cc1OC. The van der Waals surface area contributed by atoms with E-state index in [1.54, 1.807) is 55.5 Å². The molecule has 1 amide bonds. The molecule has 1 saturated heterocycles. The van der Waals surface area contributed by atoms with E-state index in [1.807, 2.05) is 12.1 Å². The summed E-state index contributed by atoms with van der Waals surface area (Å²) in [6.45, 7) is 0.728. The lowest BCUT2D eigenvalue weighted by Gasteiger charge is -2.15. The predicted octanol–water partition coefficient (Wildman–Crippen LogP) is 3.18. The van der Waals surface area contributed by atoms with Gasteiger partial charge in [-0.1, -0.05) is 6.07 Å². The lowest BCUT2D eigenvalue weighted by Crippen LogP contribution is -2.23. The molecule has 7 heteroatoms. The highest BCUT2D eigenvalue weighted by Gasteiger charge is 2.25. The fraction of sp³-hybridized carbons (Fsp3) is 0.227. The molecule has 0 N–H and O–H groups in total. The first-order chi connectivity index (χ1) is 14.1. The van der Waals surface area contributed by atoms with Crippen molar-refractivity contribution < 1.29 is 23.8 Å². The van der Waals surface area contributed by atoms with Crippen molar-refractivity contribution in [2.45, 2.75) is 12.8 Å². The molecule has 2 aliphatic rings. The van der Waals surface area contributed by atoms with Crippen molar-refractivity contribution in [1.29, 1.82) is 0 Å². The molecule has 0 bridgehead atoms. The van der Waals surface area contributed by atoms with Crippen LogP contribution < -0.4 is 14.4 Å². The van der Waals surface area contributed by atoms with Crippen LogP contribution >= 0.6 is 0 Å². The average Bonchev–Trinajstić information content (AvgIpc) is 3.33. The van der Waals surface area contributed by atoms with E-state index < -0.39 is 5.97 Å². The van der Waals surface area contributed by atoms with Crippen LogP contribution in [-0.2, 0) is 14.3 Å². The van der Waals surface area contributed by atoms with Gasteiger partial charge in [0.25, 0.3) is 0 Å². The summed E-state index contributed by atoms with van der Waals surface area (Å²) in [5, 5.41) is 0. The second-order valence-electron chi connectivity index (χ2n) is 6.65. The van der Waals surface area contributed by atoms with Gasteiger partial charge in [-0.15, -0.1) is 0 Å². The van der Waals surface area contributed by atoms with E-state index in [0.717, 1.165) is 24.2 Å². The molecular formula is C22H20N2O5. The number of methoxy groups -OCH3 is 2. The van der Waals surface area contributed by atoms with Gasteiger partial charge in [0.1, 0.15) is 0 Å². The minimum Gasteiger partial charge on any atom is -0.493 e. The van der Waals surface area contributed by atoms with Crippen LogP contribution in [0, 0.1) is 0 Å². The maximum absolute atomic E-state index is 12.2. The number of aliphatic imine (C=N–C) groups is 1. The first kappa shape index (κ1) is 18.7. The van der Waals surface area contributed by atoms with Gasteiger partial charge in [0.05, 0.1) is 14.2 Å². The molecule has 0 unspecified atom stereocenters. The Hall–Kier alpha value is -3.61. The third-order valence-electron chi connectivity index (χ3n) is 4.83. The van der Waals surface area contributed by atoms with Gasteiger partial charge in [0.15, 0.2) is 17.2 Å². The molecule has 4 rings (SSSR count). The van der Waals surface area contributed by atoms with Gasteiger partial charge in [-0.2, -0.15) is 0 Å². The fourth-order valence-corrected chi connectivity index (χ4v) is 3.34. The Balaban J connectivity index is 1.57. The van der Waals surface area contributed by atoms with Crippen molar-refractivity contribution >= 4 is 29.5 Å². The molecule has 29 heavy (non-hydrogen) atoms. The summed E-state index contributed by atoms with van der Waals surface area (Å²) in [6.07, 6.45) is 3.08. The van der Waals surface area contributed by atoms with Crippen LogP contribution in [0.3, 0.4) is 0 Å². The number of hydrogen-bond acceptors (Lipinski definition) is 6. The van der Waals surface area contributed by atoms with Crippen LogP contribution in [-0.4, -0.2) is 38.5 Å². The van der Waals surface area contributed by atoms with Crippen LogP contribution in [0.5, 0.6) is 11.5 Å². The highest BCUT2D eigenvalue weighted by Crippen LogP contribution is 2.29. The molecule has 7 nitrogen and oxygen atoms in total. The second kappa shape index (κ2) is 7.79. The van der Waals surface area contributed by atoms with E-state index in [0.29, 0.717) is 23.5 Å². The smallest absolute Gasteiger partial charge is 0.363 e. The van der Waals surface area contributed by atoms with E-state index in [-0.39, 0.29) is 17.5 Å². The summed E-state index contributed by atoms with van der Waals surface area (Å²) in [6, 6.07) is 12.6. The molecule has 0 aromatic heterocycles. The molecule has 0 spiro atoms. The van der Waals surface area contributed by atoms with Gasteiger partial charge >= 0.3 is 5.97 Å². The summed E-state index contributed by atoms with van der Waals surface area (Å²) in [7, 11) is 3.11. The Morgan fingerprint density at radius 1 is 1.03 bits per heavy atom. The van der Waals surface area contributed by atoms with Crippen molar-refractivity contribution in [1.82, 2.24) is 0 Å². The van der Waals surface area contributed by atoms with Gasteiger partial charge in [-0.3, -0.25) is 4.79 Å². The van der Waals surface area contributed by atoms with Crippen molar-refractivity contribution in [2.75, 3.05) is 25.7 Å². The Morgan fingerprint density at radius 2 is 1.79 bits per heavy atom. The normalized spacial score (nSPS) is 17.5.